The van der Waals surface area contributed by atoms with Crippen molar-refractivity contribution in [3.8, 4) is 0 Å². The summed E-state index contributed by atoms with van der Waals surface area (Å²) in [5.74, 6) is 0.137. The highest BCUT2D eigenvalue weighted by Gasteiger charge is 2.26. The molecule has 6 heteroatoms. The number of nitrogens with one attached hydrogen (secondary N) is 1. The van der Waals surface area contributed by atoms with Crippen molar-refractivity contribution in [1.82, 2.24) is 20.0 Å². The molecule has 1 aliphatic rings. The first kappa shape index (κ1) is 22.8. The number of hydrogen-bond acceptors (Lipinski definition) is 3. The van der Waals surface area contributed by atoms with Crippen molar-refractivity contribution in [3.05, 3.63) is 58.4 Å². The molecule has 0 atom stereocenters. The molecule has 166 valence electrons. The molecule has 1 aromatic carbocycles. The number of likely N-dealkylation sites (tertiary alicyclic amines) is 1. The first-order valence-corrected chi connectivity index (χ1v) is 11.2. The van der Waals surface area contributed by atoms with Gasteiger partial charge in [0.1, 0.15) is 0 Å². The number of carbonyl (C=O) groups is 2. The van der Waals surface area contributed by atoms with Gasteiger partial charge in [0.05, 0.1) is 12.2 Å². The van der Waals surface area contributed by atoms with Gasteiger partial charge in [-0.25, -0.2) is 0 Å². The van der Waals surface area contributed by atoms with Crippen molar-refractivity contribution in [2.24, 2.45) is 5.92 Å². The van der Waals surface area contributed by atoms with Gasteiger partial charge < -0.3 is 10.2 Å². The summed E-state index contributed by atoms with van der Waals surface area (Å²) in [6, 6.07) is 8.46. The van der Waals surface area contributed by atoms with Gasteiger partial charge in [0, 0.05) is 42.9 Å². The smallest absolute Gasteiger partial charge is 0.246 e. The Balaban J connectivity index is 1.59. The summed E-state index contributed by atoms with van der Waals surface area (Å²) in [4.78, 5) is 26.6. The average Bonchev–Trinajstić information content (AvgIpc) is 3.04. The zero-order valence-corrected chi connectivity index (χ0v) is 19.1. The van der Waals surface area contributed by atoms with Gasteiger partial charge in [-0.2, -0.15) is 5.10 Å². The normalized spacial score (nSPS) is 14.9. The van der Waals surface area contributed by atoms with Gasteiger partial charge in [-0.1, -0.05) is 36.8 Å². The van der Waals surface area contributed by atoms with Gasteiger partial charge in [0.25, 0.3) is 0 Å². The van der Waals surface area contributed by atoms with E-state index in [1.807, 2.05) is 36.4 Å². The zero-order chi connectivity index (χ0) is 22.4. The summed E-state index contributed by atoms with van der Waals surface area (Å²) in [5, 5.41) is 7.63. The Labute approximate surface area is 185 Å². The van der Waals surface area contributed by atoms with E-state index >= 15 is 0 Å². The molecule has 2 aromatic rings. The molecule has 2 amide bonds. The molecular weight excluding hydrogens is 388 g/mol. The third kappa shape index (κ3) is 5.84. The molecule has 0 radical (unpaired) electrons. The summed E-state index contributed by atoms with van der Waals surface area (Å²) in [6.45, 7) is 10.8. The monoisotopic (exact) mass is 422 g/mol. The van der Waals surface area contributed by atoms with Crippen LogP contribution in [-0.2, 0) is 16.1 Å². The Morgan fingerprint density at radius 1 is 1.13 bits per heavy atom. The van der Waals surface area contributed by atoms with E-state index < -0.39 is 0 Å². The number of nitrogens with zero attached hydrogens (tertiary/aromatic N) is 3. The fourth-order valence-electron chi connectivity index (χ4n) is 3.99. The summed E-state index contributed by atoms with van der Waals surface area (Å²) >= 11 is 0. The van der Waals surface area contributed by atoms with E-state index in [1.54, 1.807) is 6.08 Å². The van der Waals surface area contributed by atoms with Crippen LogP contribution in [-0.4, -0.2) is 46.1 Å². The van der Waals surface area contributed by atoms with Crippen LogP contribution < -0.4 is 5.32 Å². The number of amides is 2. The highest BCUT2D eigenvalue weighted by molar-refractivity contribution is 5.92. The molecule has 0 spiro atoms. The fraction of sp³-hybridized carbons (Fsp3) is 0.480. The second kappa shape index (κ2) is 10.4. The third-order valence-corrected chi connectivity index (χ3v) is 6.01. The van der Waals surface area contributed by atoms with Crippen LogP contribution in [0.4, 0.5) is 0 Å². The predicted molar refractivity (Wildman–Crippen MR) is 124 cm³/mol. The maximum atomic E-state index is 12.7. The number of rotatable bonds is 7. The molecule has 3 rings (SSSR count). The molecule has 0 aliphatic carbocycles. The molecule has 31 heavy (non-hydrogen) atoms. The third-order valence-electron chi connectivity index (χ3n) is 6.01. The molecular formula is C25H34N4O2. The van der Waals surface area contributed by atoms with Crippen molar-refractivity contribution in [3.63, 3.8) is 0 Å². The molecule has 0 bridgehead atoms. The van der Waals surface area contributed by atoms with Crippen molar-refractivity contribution < 1.29 is 9.59 Å². The molecule has 1 fully saturated rings. The van der Waals surface area contributed by atoms with Crippen LogP contribution in [0.3, 0.4) is 0 Å². The van der Waals surface area contributed by atoms with Crippen LogP contribution >= 0.6 is 0 Å². The Kier molecular flexibility index (Phi) is 7.66. The number of aryl methyl sites for hydroxylation is 2. The minimum Gasteiger partial charge on any atom is -0.356 e. The number of piperidine rings is 1. The average molecular weight is 423 g/mol. The predicted octanol–water partition coefficient (Wildman–Crippen LogP) is 3.63. The van der Waals surface area contributed by atoms with Crippen molar-refractivity contribution in [1.29, 1.82) is 0 Å². The largest absolute Gasteiger partial charge is 0.356 e. The van der Waals surface area contributed by atoms with Crippen LogP contribution in [0.5, 0.6) is 0 Å². The Bertz CT molecular complexity index is 935. The van der Waals surface area contributed by atoms with Crippen LogP contribution in [0.1, 0.15) is 54.3 Å². The van der Waals surface area contributed by atoms with Gasteiger partial charge in [-0.05, 0) is 51.7 Å². The number of hydrogen-bond donors (Lipinski definition) is 1. The van der Waals surface area contributed by atoms with E-state index in [0.717, 1.165) is 42.8 Å². The minimum absolute atomic E-state index is 0.00231. The lowest BCUT2D eigenvalue weighted by Gasteiger charge is -2.30. The molecule has 1 N–H and O–H groups in total. The summed E-state index contributed by atoms with van der Waals surface area (Å²) in [6.07, 6.45) is 5.91. The van der Waals surface area contributed by atoms with Gasteiger partial charge in [0.2, 0.25) is 11.8 Å². The van der Waals surface area contributed by atoms with E-state index in [0.29, 0.717) is 19.6 Å². The second-order valence-corrected chi connectivity index (χ2v) is 8.45. The summed E-state index contributed by atoms with van der Waals surface area (Å²) in [7, 11) is 0. The topological polar surface area (TPSA) is 67.2 Å². The molecule has 0 saturated carbocycles. The van der Waals surface area contributed by atoms with Crippen molar-refractivity contribution in [2.75, 3.05) is 19.6 Å². The van der Waals surface area contributed by atoms with Crippen LogP contribution in [0.25, 0.3) is 6.08 Å². The van der Waals surface area contributed by atoms with Crippen molar-refractivity contribution >= 4 is 17.9 Å². The highest BCUT2D eigenvalue weighted by Crippen LogP contribution is 2.20. The quantitative estimate of drug-likeness (QED) is 0.693. The van der Waals surface area contributed by atoms with Crippen LogP contribution in [0.15, 0.2) is 30.3 Å². The first-order chi connectivity index (χ1) is 14.9. The SMILES string of the molecule is CCCNC(=O)C1CCN(C(=O)/C=C/c2c(C)nn(Cc3ccc(C)cc3)c2C)CC1. The Hall–Kier alpha value is -2.89. The van der Waals surface area contributed by atoms with Gasteiger partial charge in [-0.15, -0.1) is 0 Å². The lowest BCUT2D eigenvalue weighted by molar-refractivity contribution is -0.132. The number of benzene rings is 1. The highest BCUT2D eigenvalue weighted by atomic mass is 16.2. The Morgan fingerprint density at radius 3 is 2.45 bits per heavy atom. The molecule has 0 unspecified atom stereocenters. The van der Waals surface area contributed by atoms with Crippen LogP contribution in [0, 0.1) is 26.7 Å². The fourth-order valence-corrected chi connectivity index (χ4v) is 3.99. The van der Waals surface area contributed by atoms with Gasteiger partial charge in [0.15, 0.2) is 0 Å². The summed E-state index contributed by atoms with van der Waals surface area (Å²) < 4.78 is 1.99. The maximum Gasteiger partial charge on any atom is 0.246 e. The van der Waals surface area contributed by atoms with E-state index in [1.165, 1.54) is 11.1 Å². The first-order valence-electron chi connectivity index (χ1n) is 11.2. The lowest BCUT2D eigenvalue weighted by Crippen LogP contribution is -2.42. The maximum absolute atomic E-state index is 12.7. The Morgan fingerprint density at radius 2 is 1.81 bits per heavy atom. The van der Waals surface area contributed by atoms with E-state index in [4.69, 9.17) is 0 Å². The summed E-state index contributed by atoms with van der Waals surface area (Å²) in [5.41, 5.74) is 5.40. The second-order valence-electron chi connectivity index (χ2n) is 8.45. The van der Waals surface area contributed by atoms with Gasteiger partial charge >= 0.3 is 0 Å². The molecule has 1 aliphatic heterocycles. The molecule has 1 saturated heterocycles. The number of carbonyl (C=O) groups excluding carboxylic acids is 2. The molecule has 1 aromatic heterocycles. The number of aromatic nitrogens is 2. The standard InChI is InChI=1S/C25H34N4O2/c1-5-14-26-25(31)22-12-15-28(16-13-22)24(30)11-10-23-19(3)27-29(20(23)4)17-21-8-6-18(2)7-9-21/h6-11,22H,5,12-17H2,1-4H3,(H,26,31)/b11-10+. The lowest BCUT2D eigenvalue weighted by atomic mass is 9.96. The van der Waals surface area contributed by atoms with E-state index in [-0.39, 0.29) is 17.7 Å². The molecule has 2 heterocycles. The zero-order valence-electron chi connectivity index (χ0n) is 19.1. The molecule has 6 nitrogen and oxygen atoms in total. The minimum atomic E-state index is -0.00231. The van der Waals surface area contributed by atoms with Crippen molar-refractivity contribution in [2.45, 2.75) is 53.5 Å². The van der Waals surface area contributed by atoms with E-state index in [2.05, 4.69) is 41.6 Å². The van der Waals surface area contributed by atoms with Crippen LogP contribution in [0.2, 0.25) is 0 Å². The van der Waals surface area contributed by atoms with E-state index in [9.17, 15) is 9.59 Å². The van der Waals surface area contributed by atoms with Gasteiger partial charge in [-0.3, -0.25) is 14.3 Å².